The van der Waals surface area contributed by atoms with Crippen LogP contribution in [-0.2, 0) is 0 Å². The third-order valence-corrected chi connectivity index (χ3v) is 11.8. The maximum absolute atomic E-state index is 3.45. The molecule has 0 bridgehead atoms. The molecule has 0 nitrogen and oxygen atoms in total. The Hall–Kier alpha value is 1.59. The smallest absolute Gasteiger partial charge is 0.0611 e. The lowest BCUT2D eigenvalue weighted by Gasteiger charge is -2.23. The Morgan fingerprint density at radius 3 is 0.889 bits per heavy atom. The van der Waals surface area contributed by atoms with Crippen molar-refractivity contribution in [3.63, 3.8) is 0 Å². The van der Waals surface area contributed by atoms with E-state index in [1.54, 1.807) is 18.5 Å². The van der Waals surface area contributed by atoms with Crippen LogP contribution in [-0.4, -0.2) is 18.5 Å². The Bertz CT molecular complexity index is 230. The van der Waals surface area contributed by atoms with Gasteiger partial charge < -0.3 is 0 Å². The maximum atomic E-state index is 3.45. The minimum Gasteiger partial charge on any atom is -0.107 e. The molecule has 0 radical (unpaired) electrons. The lowest BCUT2D eigenvalue weighted by molar-refractivity contribution is 0.617. The zero-order valence-corrected chi connectivity index (χ0v) is 23.7. The molecule has 0 aromatic carbocycles. The molecule has 0 spiro atoms. The van der Waals surface area contributed by atoms with Crippen LogP contribution in [0.1, 0.15) is 136 Å². The molecule has 166 valence electrons. The van der Waals surface area contributed by atoms with E-state index in [1.165, 1.54) is 116 Å². The molecule has 1 unspecified atom stereocenters. The van der Waals surface area contributed by atoms with Gasteiger partial charge in [0, 0.05) is 15.9 Å². The van der Waals surface area contributed by atoms with Gasteiger partial charge in [0.05, 0.1) is 18.5 Å². The summed E-state index contributed by atoms with van der Waals surface area (Å²) in [5, 5.41) is 0. The summed E-state index contributed by atoms with van der Waals surface area (Å²) >= 11 is 0. The predicted octanol–water partition coefficient (Wildman–Crippen LogP) is 10.5. The third kappa shape index (κ3) is 22.1. The van der Waals surface area contributed by atoms with Gasteiger partial charge in [-0.2, -0.15) is 0 Å². The first-order chi connectivity index (χ1) is 12.7. The zero-order valence-electron chi connectivity index (χ0n) is 19.3. The molecule has 27 heavy (non-hydrogen) atoms. The molecule has 0 amide bonds. The van der Waals surface area contributed by atoms with Crippen LogP contribution in [0.5, 0.6) is 0 Å². The van der Waals surface area contributed by atoms with Crippen molar-refractivity contribution in [2.75, 3.05) is 18.5 Å². The minimum absolute atomic E-state index is 0. The van der Waals surface area contributed by atoms with Crippen molar-refractivity contribution < 1.29 is 0 Å². The maximum Gasteiger partial charge on any atom is 0.0611 e. The third-order valence-electron chi connectivity index (χ3n) is 5.87. The van der Waals surface area contributed by atoms with Gasteiger partial charge >= 0.3 is 0 Å². The van der Waals surface area contributed by atoms with E-state index in [4.69, 9.17) is 0 Å². The monoisotopic (exact) mass is 531 g/mol. The normalized spacial score (nSPS) is 11.6. The van der Waals surface area contributed by atoms with E-state index >= 15 is 0 Å². The highest BCUT2D eigenvalue weighted by Gasteiger charge is 2.29. The molecule has 0 N–H and O–H groups in total. The topological polar surface area (TPSA) is 0 Å². The lowest BCUT2D eigenvalue weighted by atomic mass is 10.1. The molecule has 0 aliphatic rings. The highest BCUT2D eigenvalue weighted by Crippen LogP contribution is 2.68. The average molecular weight is 532 g/mol. The molecule has 0 aromatic rings. The van der Waals surface area contributed by atoms with E-state index in [1.807, 2.05) is 0 Å². The summed E-state index contributed by atoms with van der Waals surface area (Å²) in [6.45, 7) is 6.24. The quantitative estimate of drug-likeness (QED) is 0.0785. The molecule has 1 atom stereocenters. The van der Waals surface area contributed by atoms with E-state index in [-0.39, 0.29) is 24.0 Å². The Labute approximate surface area is 194 Å². The fourth-order valence-electron chi connectivity index (χ4n) is 3.96. The van der Waals surface area contributed by atoms with E-state index in [9.17, 15) is 0 Å². The van der Waals surface area contributed by atoms with Gasteiger partial charge in [0.25, 0.3) is 0 Å². The Morgan fingerprint density at radius 1 is 0.407 bits per heavy atom. The molecular weight excluding hydrogens is 477 g/mol. The second-order valence-corrected chi connectivity index (χ2v) is 15.8. The summed E-state index contributed by atoms with van der Waals surface area (Å²) < 4.78 is 0. The second-order valence-electron chi connectivity index (χ2n) is 8.69. The van der Waals surface area contributed by atoms with Gasteiger partial charge in [-0.1, -0.05) is 97.8 Å². The van der Waals surface area contributed by atoms with Gasteiger partial charge in [-0.05, 0) is 38.5 Å². The van der Waals surface area contributed by atoms with Crippen LogP contribution < -0.4 is 0 Å². The van der Waals surface area contributed by atoms with Crippen LogP contribution in [0.3, 0.4) is 0 Å². The molecular formula is C24H54IP2+. The zero-order chi connectivity index (χ0) is 19.3. The average Bonchev–Trinajstić information content (AvgIpc) is 2.64. The molecule has 0 aromatic heterocycles. The van der Waals surface area contributed by atoms with Crippen molar-refractivity contribution in [2.45, 2.75) is 136 Å². The van der Waals surface area contributed by atoms with Gasteiger partial charge in [0.15, 0.2) is 0 Å². The first-order valence-corrected chi connectivity index (χ1v) is 16.3. The molecule has 0 aliphatic heterocycles. The van der Waals surface area contributed by atoms with E-state index in [0.717, 1.165) is 0 Å². The van der Waals surface area contributed by atoms with Crippen molar-refractivity contribution in [3.8, 4) is 0 Å². The van der Waals surface area contributed by atoms with Gasteiger partial charge in [-0.15, -0.1) is 24.0 Å². The number of halogens is 1. The molecule has 0 fully saturated rings. The van der Waals surface area contributed by atoms with Gasteiger partial charge in [0.2, 0.25) is 0 Å². The fraction of sp³-hybridized carbons (Fsp3) is 1.00. The standard InChI is InChI=1S/C24H53P2.HI/c1-4-7-10-13-16-19-22-26(25,23-20-17-14-11-8-5-2)24-21-18-15-12-9-6-3;/h4-25H2,1-3H3;1H/q+1;. The van der Waals surface area contributed by atoms with Crippen LogP contribution in [0, 0.1) is 0 Å². The highest BCUT2D eigenvalue weighted by atomic mass is 127. The van der Waals surface area contributed by atoms with Crippen molar-refractivity contribution in [1.29, 1.82) is 0 Å². The van der Waals surface area contributed by atoms with E-state index in [2.05, 4.69) is 29.7 Å². The minimum atomic E-state index is -0.719. The first kappa shape index (κ1) is 30.8. The Balaban J connectivity index is 0. The lowest BCUT2D eigenvalue weighted by Crippen LogP contribution is -2.03. The SMILES string of the molecule is CCCCCCCC[P+](P)(CCCCCCCC)CCCCCCCC.I. The Morgan fingerprint density at radius 2 is 0.630 bits per heavy atom. The second kappa shape index (κ2) is 23.9. The number of hydrogen-bond donors (Lipinski definition) is 0. The summed E-state index contributed by atoms with van der Waals surface area (Å²) in [6.07, 6.45) is 30.9. The molecule has 0 rings (SSSR count). The molecule has 0 saturated heterocycles. The van der Waals surface area contributed by atoms with Crippen LogP contribution in [0.15, 0.2) is 0 Å². The number of hydrogen-bond acceptors (Lipinski definition) is 0. The van der Waals surface area contributed by atoms with Crippen molar-refractivity contribution >= 4 is 39.9 Å². The first-order valence-electron chi connectivity index (χ1n) is 12.3. The summed E-state index contributed by atoms with van der Waals surface area (Å²) in [6, 6.07) is 0. The summed E-state index contributed by atoms with van der Waals surface area (Å²) in [5.74, 6) is 0. The van der Waals surface area contributed by atoms with Crippen LogP contribution in [0.2, 0.25) is 0 Å². The summed E-state index contributed by atoms with van der Waals surface area (Å²) in [7, 11) is 3.45. The van der Waals surface area contributed by atoms with Crippen molar-refractivity contribution in [3.05, 3.63) is 0 Å². The van der Waals surface area contributed by atoms with E-state index < -0.39 is 6.95 Å². The van der Waals surface area contributed by atoms with Crippen LogP contribution >= 0.6 is 39.9 Å². The highest BCUT2D eigenvalue weighted by molar-refractivity contribution is 14.0. The van der Waals surface area contributed by atoms with Gasteiger partial charge in [-0.3, -0.25) is 0 Å². The molecule has 0 aliphatic carbocycles. The van der Waals surface area contributed by atoms with Crippen molar-refractivity contribution in [2.24, 2.45) is 0 Å². The van der Waals surface area contributed by atoms with E-state index in [0.29, 0.717) is 0 Å². The summed E-state index contributed by atoms with van der Waals surface area (Å²) in [4.78, 5) is 0. The predicted molar refractivity (Wildman–Crippen MR) is 147 cm³/mol. The van der Waals surface area contributed by atoms with Crippen molar-refractivity contribution in [1.82, 2.24) is 0 Å². The van der Waals surface area contributed by atoms with Crippen LogP contribution in [0.4, 0.5) is 0 Å². The van der Waals surface area contributed by atoms with Gasteiger partial charge in [-0.25, -0.2) is 0 Å². The van der Waals surface area contributed by atoms with Gasteiger partial charge in [0.1, 0.15) is 0 Å². The van der Waals surface area contributed by atoms with Crippen LogP contribution in [0.25, 0.3) is 0 Å². The largest absolute Gasteiger partial charge is 0.107 e. The number of rotatable bonds is 21. The fourth-order valence-corrected chi connectivity index (χ4v) is 8.83. The Kier molecular flexibility index (Phi) is 27.2. The molecule has 3 heteroatoms. The molecule has 0 heterocycles. The number of unbranched alkanes of at least 4 members (excludes halogenated alkanes) is 15. The summed E-state index contributed by atoms with van der Waals surface area (Å²) in [5.41, 5.74) is 0. The molecule has 0 saturated carbocycles.